The molecule has 41 heavy (non-hydrogen) atoms. The molecule has 0 aromatic heterocycles. The van der Waals surface area contributed by atoms with Gasteiger partial charge in [-0.3, -0.25) is 9.59 Å². The number of fused-ring (bicyclic) bond motifs is 3. The molecule has 1 aliphatic heterocycles. The lowest BCUT2D eigenvalue weighted by atomic mass is 9.93. The summed E-state index contributed by atoms with van der Waals surface area (Å²) >= 11 is 0. The van der Waals surface area contributed by atoms with E-state index in [0.29, 0.717) is 32.5 Å². The summed E-state index contributed by atoms with van der Waals surface area (Å²) in [7, 11) is 0. The van der Waals surface area contributed by atoms with E-state index in [-0.39, 0.29) is 30.8 Å². The number of carbonyl (C=O) groups excluding carboxylic acids is 2. The van der Waals surface area contributed by atoms with Crippen molar-refractivity contribution in [2.45, 2.75) is 50.9 Å². The molecule has 2 atom stereocenters. The van der Waals surface area contributed by atoms with Crippen molar-refractivity contribution >= 4 is 18.0 Å². The van der Waals surface area contributed by atoms with Crippen LogP contribution < -0.4 is 5.32 Å². The van der Waals surface area contributed by atoms with Gasteiger partial charge in [0.2, 0.25) is 5.91 Å². The van der Waals surface area contributed by atoms with Crippen molar-refractivity contribution in [1.29, 1.82) is 0 Å². The van der Waals surface area contributed by atoms with E-state index in [0.717, 1.165) is 27.8 Å². The van der Waals surface area contributed by atoms with Crippen LogP contribution in [0.1, 0.15) is 48.8 Å². The molecule has 214 valence electrons. The Labute approximate surface area is 240 Å². The first kappa shape index (κ1) is 28.4. The average molecular weight is 557 g/mol. The van der Waals surface area contributed by atoms with Crippen molar-refractivity contribution in [3.63, 3.8) is 0 Å². The number of carbonyl (C=O) groups is 3. The second-order valence-electron chi connectivity index (χ2n) is 10.8. The van der Waals surface area contributed by atoms with Crippen LogP contribution in [0, 0.1) is 5.92 Å². The lowest BCUT2D eigenvalue weighted by Crippen LogP contribution is -2.55. The minimum absolute atomic E-state index is 0.0387. The summed E-state index contributed by atoms with van der Waals surface area (Å²) in [6.45, 7) is 3.07. The van der Waals surface area contributed by atoms with E-state index in [1.165, 1.54) is 0 Å². The van der Waals surface area contributed by atoms with Crippen LogP contribution in [0.15, 0.2) is 78.9 Å². The number of carboxylic acids is 1. The number of likely N-dealkylation sites (tertiary alicyclic amines) is 1. The molecule has 2 N–H and O–H groups in total. The molecule has 1 heterocycles. The molecule has 1 aliphatic carbocycles. The minimum atomic E-state index is -0.953. The van der Waals surface area contributed by atoms with Gasteiger partial charge in [-0.25, -0.2) is 4.79 Å². The van der Waals surface area contributed by atoms with E-state index in [2.05, 4.69) is 29.6 Å². The molecule has 0 bridgehead atoms. The molecule has 0 unspecified atom stereocenters. The van der Waals surface area contributed by atoms with E-state index in [1.54, 1.807) is 11.8 Å². The minimum Gasteiger partial charge on any atom is -0.481 e. The van der Waals surface area contributed by atoms with Crippen molar-refractivity contribution in [3.05, 3.63) is 95.6 Å². The molecule has 0 saturated carbocycles. The Morgan fingerprint density at radius 1 is 0.902 bits per heavy atom. The summed E-state index contributed by atoms with van der Waals surface area (Å²) in [4.78, 5) is 39.6. The molecule has 5 rings (SSSR count). The molecule has 2 aliphatic rings. The topological polar surface area (TPSA) is 105 Å². The number of piperidine rings is 1. The van der Waals surface area contributed by atoms with Crippen molar-refractivity contribution in [1.82, 2.24) is 10.2 Å². The van der Waals surface area contributed by atoms with Gasteiger partial charge in [-0.15, -0.1) is 0 Å². The van der Waals surface area contributed by atoms with Crippen LogP contribution in [0.3, 0.4) is 0 Å². The number of nitrogens with zero attached hydrogens (tertiary/aromatic N) is 1. The quantitative estimate of drug-likeness (QED) is 0.355. The first-order chi connectivity index (χ1) is 19.9. The maximum Gasteiger partial charge on any atom is 0.407 e. The largest absolute Gasteiger partial charge is 0.481 e. The number of carboxylic acid groups (broad SMARTS) is 1. The second kappa shape index (κ2) is 13.0. The first-order valence-corrected chi connectivity index (χ1v) is 14.2. The molecule has 8 nitrogen and oxygen atoms in total. The molecule has 0 spiro atoms. The number of aliphatic carboxylic acids is 1. The predicted molar refractivity (Wildman–Crippen MR) is 154 cm³/mol. The van der Waals surface area contributed by atoms with Gasteiger partial charge in [-0.05, 0) is 53.5 Å². The Morgan fingerprint density at radius 3 is 2.10 bits per heavy atom. The van der Waals surface area contributed by atoms with Gasteiger partial charge in [0.15, 0.2) is 0 Å². The summed E-state index contributed by atoms with van der Waals surface area (Å²) in [5.74, 6) is -1.14. The maximum atomic E-state index is 13.7. The molecule has 3 aromatic carbocycles. The number of ether oxygens (including phenoxy) is 2. The van der Waals surface area contributed by atoms with Gasteiger partial charge in [0.1, 0.15) is 12.6 Å². The number of rotatable bonds is 10. The molecule has 0 radical (unpaired) electrons. The fraction of sp³-hybridized carbons (Fsp3) is 0.364. The zero-order valence-electron chi connectivity index (χ0n) is 23.2. The Bertz CT molecular complexity index is 1320. The van der Waals surface area contributed by atoms with Crippen LogP contribution in [0.4, 0.5) is 4.79 Å². The highest BCUT2D eigenvalue weighted by molar-refractivity contribution is 5.86. The summed E-state index contributed by atoms with van der Waals surface area (Å²) in [6.07, 6.45) is 0.00492. The summed E-state index contributed by atoms with van der Waals surface area (Å²) in [6, 6.07) is 24.9. The van der Waals surface area contributed by atoms with Crippen LogP contribution in [0.2, 0.25) is 0 Å². The van der Waals surface area contributed by atoms with Crippen molar-refractivity contribution in [2.24, 2.45) is 5.92 Å². The molecule has 3 aromatic rings. The van der Waals surface area contributed by atoms with E-state index in [1.807, 2.05) is 54.6 Å². The molecule has 1 fully saturated rings. The maximum absolute atomic E-state index is 13.7. The van der Waals surface area contributed by atoms with Crippen LogP contribution in [-0.4, -0.2) is 59.8 Å². The van der Waals surface area contributed by atoms with Gasteiger partial charge in [0.05, 0.1) is 12.7 Å². The zero-order chi connectivity index (χ0) is 28.8. The number of amides is 2. The van der Waals surface area contributed by atoms with Gasteiger partial charge in [0.25, 0.3) is 0 Å². The summed E-state index contributed by atoms with van der Waals surface area (Å²) < 4.78 is 11.8. The average Bonchev–Trinajstić information content (AvgIpc) is 3.31. The van der Waals surface area contributed by atoms with E-state index in [4.69, 9.17) is 14.6 Å². The number of nitrogens with one attached hydrogen (secondary N) is 1. The second-order valence-corrected chi connectivity index (χ2v) is 10.8. The molecular weight excluding hydrogens is 520 g/mol. The first-order valence-electron chi connectivity index (χ1n) is 14.2. The van der Waals surface area contributed by atoms with Crippen LogP contribution in [0.5, 0.6) is 0 Å². The van der Waals surface area contributed by atoms with E-state index in [9.17, 15) is 14.4 Å². The van der Waals surface area contributed by atoms with Crippen molar-refractivity contribution < 1.29 is 29.0 Å². The van der Waals surface area contributed by atoms with E-state index < -0.39 is 24.2 Å². The van der Waals surface area contributed by atoms with Crippen LogP contribution >= 0.6 is 0 Å². The highest BCUT2D eigenvalue weighted by Crippen LogP contribution is 2.44. The fourth-order valence-electron chi connectivity index (χ4n) is 5.85. The van der Waals surface area contributed by atoms with Crippen LogP contribution in [-0.2, 0) is 25.7 Å². The zero-order valence-corrected chi connectivity index (χ0v) is 23.2. The SMILES string of the molecule is C[C@H](OCc1ccccc1)[C@@H](NC(=O)OCC1c2ccccc2-c2ccccc21)C(=O)N1CCC(CC(=O)O)CC1. The third-order valence-electron chi connectivity index (χ3n) is 8.10. The predicted octanol–water partition coefficient (Wildman–Crippen LogP) is 5.21. The summed E-state index contributed by atoms with van der Waals surface area (Å²) in [5.41, 5.74) is 5.45. The van der Waals surface area contributed by atoms with Gasteiger partial charge in [-0.1, -0.05) is 78.9 Å². The van der Waals surface area contributed by atoms with Gasteiger partial charge >= 0.3 is 12.1 Å². The molecular formula is C33H36N2O6. The Morgan fingerprint density at radius 2 is 1.49 bits per heavy atom. The smallest absolute Gasteiger partial charge is 0.407 e. The monoisotopic (exact) mass is 556 g/mol. The van der Waals surface area contributed by atoms with Gasteiger partial charge in [0, 0.05) is 25.4 Å². The number of alkyl carbamates (subject to hydrolysis) is 1. The Hall–Kier alpha value is -4.17. The van der Waals surface area contributed by atoms with Crippen LogP contribution in [0.25, 0.3) is 11.1 Å². The number of benzene rings is 3. The standard InChI is InChI=1S/C33H36N2O6/c1-22(40-20-24-9-3-2-4-10-24)31(32(38)35-17-15-23(16-18-35)19-30(36)37)34-33(39)41-21-29-27-13-7-5-11-25(27)26-12-6-8-14-28(26)29/h2-14,22-23,29,31H,15-21H2,1H3,(H,34,39)(H,36,37)/t22-,31+/m0/s1. The van der Waals surface area contributed by atoms with Crippen molar-refractivity contribution in [3.8, 4) is 11.1 Å². The molecule has 1 saturated heterocycles. The highest BCUT2D eigenvalue weighted by Gasteiger charge is 2.35. The number of hydrogen-bond acceptors (Lipinski definition) is 5. The Kier molecular flexibility index (Phi) is 8.99. The van der Waals surface area contributed by atoms with Gasteiger partial charge < -0.3 is 24.8 Å². The fourth-order valence-corrected chi connectivity index (χ4v) is 5.85. The summed E-state index contributed by atoms with van der Waals surface area (Å²) in [5, 5.41) is 11.9. The normalized spacial score (nSPS) is 16.4. The lowest BCUT2D eigenvalue weighted by molar-refractivity contribution is -0.140. The number of hydrogen-bond donors (Lipinski definition) is 2. The highest BCUT2D eigenvalue weighted by atomic mass is 16.5. The third-order valence-corrected chi connectivity index (χ3v) is 8.10. The van der Waals surface area contributed by atoms with E-state index >= 15 is 0 Å². The van der Waals surface area contributed by atoms with Crippen molar-refractivity contribution in [2.75, 3.05) is 19.7 Å². The molecule has 8 heteroatoms. The lowest BCUT2D eigenvalue weighted by Gasteiger charge is -2.35. The van der Waals surface area contributed by atoms with Gasteiger partial charge in [-0.2, -0.15) is 0 Å². The molecule has 2 amide bonds. The third kappa shape index (κ3) is 6.77. The Balaban J connectivity index is 1.25.